The fourth-order valence-electron chi connectivity index (χ4n) is 2.20. The standard InChI is InChI=1S/C15H16N4O2S/c1-3-10-4-5-12-11(7-14(20)21-13(12)6-10)8-22-15-18-17-9(2)19(15)16/h4-7H,3,8,16H2,1-2H3. The van der Waals surface area contributed by atoms with Crippen molar-refractivity contribution < 1.29 is 4.42 Å². The summed E-state index contributed by atoms with van der Waals surface area (Å²) in [4.78, 5) is 11.8. The Hall–Kier alpha value is -2.28. The van der Waals surface area contributed by atoms with Crippen molar-refractivity contribution in [3.8, 4) is 0 Å². The minimum Gasteiger partial charge on any atom is -0.423 e. The van der Waals surface area contributed by atoms with Crippen molar-refractivity contribution in [3.63, 3.8) is 0 Å². The Labute approximate surface area is 131 Å². The molecule has 0 saturated heterocycles. The molecule has 7 heteroatoms. The number of rotatable bonds is 4. The Kier molecular flexibility index (Phi) is 3.89. The van der Waals surface area contributed by atoms with Gasteiger partial charge >= 0.3 is 5.63 Å². The summed E-state index contributed by atoms with van der Waals surface area (Å²) < 4.78 is 6.74. The van der Waals surface area contributed by atoms with Crippen LogP contribution in [0.1, 0.15) is 23.9 Å². The molecular weight excluding hydrogens is 300 g/mol. The van der Waals surface area contributed by atoms with Crippen LogP contribution >= 0.6 is 11.8 Å². The number of nitrogens with zero attached hydrogens (tertiary/aromatic N) is 3. The molecule has 114 valence electrons. The van der Waals surface area contributed by atoms with Crippen molar-refractivity contribution in [2.75, 3.05) is 5.84 Å². The van der Waals surface area contributed by atoms with Crippen molar-refractivity contribution in [1.82, 2.24) is 14.9 Å². The van der Waals surface area contributed by atoms with Gasteiger partial charge in [-0.15, -0.1) is 10.2 Å². The molecule has 0 aliphatic carbocycles. The van der Waals surface area contributed by atoms with Gasteiger partial charge in [-0.05, 0) is 30.5 Å². The van der Waals surface area contributed by atoms with Gasteiger partial charge in [-0.25, -0.2) is 9.47 Å². The Morgan fingerprint density at radius 3 is 2.82 bits per heavy atom. The third-order valence-electron chi connectivity index (χ3n) is 3.49. The van der Waals surface area contributed by atoms with Crippen molar-refractivity contribution in [2.45, 2.75) is 31.2 Å². The number of aromatic nitrogens is 3. The number of aryl methyl sites for hydroxylation is 2. The molecule has 0 saturated carbocycles. The molecule has 0 atom stereocenters. The maximum absolute atomic E-state index is 11.8. The van der Waals surface area contributed by atoms with E-state index in [1.54, 1.807) is 6.92 Å². The monoisotopic (exact) mass is 316 g/mol. The maximum atomic E-state index is 11.8. The van der Waals surface area contributed by atoms with Crippen LogP contribution in [0.15, 0.2) is 38.6 Å². The molecule has 2 heterocycles. The van der Waals surface area contributed by atoms with E-state index >= 15 is 0 Å². The van der Waals surface area contributed by atoms with Crippen LogP contribution in [0.5, 0.6) is 0 Å². The molecule has 0 bridgehead atoms. The summed E-state index contributed by atoms with van der Waals surface area (Å²) >= 11 is 1.44. The minimum absolute atomic E-state index is 0.346. The van der Waals surface area contributed by atoms with Crippen molar-refractivity contribution in [1.29, 1.82) is 0 Å². The summed E-state index contributed by atoms with van der Waals surface area (Å²) in [5, 5.41) is 9.48. The van der Waals surface area contributed by atoms with E-state index in [9.17, 15) is 4.79 Å². The van der Waals surface area contributed by atoms with E-state index in [1.165, 1.54) is 22.5 Å². The first-order valence-corrected chi connectivity index (χ1v) is 7.92. The van der Waals surface area contributed by atoms with E-state index in [1.807, 2.05) is 18.2 Å². The number of nitrogens with two attached hydrogens (primary N) is 1. The smallest absolute Gasteiger partial charge is 0.336 e. The van der Waals surface area contributed by atoms with Crippen LogP contribution in [-0.2, 0) is 12.2 Å². The van der Waals surface area contributed by atoms with Crippen LogP contribution in [0.3, 0.4) is 0 Å². The lowest BCUT2D eigenvalue weighted by Crippen LogP contribution is -2.11. The molecule has 3 aromatic rings. The second-order valence-corrected chi connectivity index (χ2v) is 5.91. The molecule has 2 N–H and O–H groups in total. The van der Waals surface area contributed by atoms with Gasteiger partial charge in [0.25, 0.3) is 0 Å². The van der Waals surface area contributed by atoms with Crippen LogP contribution in [-0.4, -0.2) is 14.9 Å². The lowest BCUT2D eigenvalue weighted by molar-refractivity contribution is 0.559. The number of thioether (sulfide) groups is 1. The highest BCUT2D eigenvalue weighted by molar-refractivity contribution is 7.98. The number of benzene rings is 1. The fraction of sp³-hybridized carbons (Fsp3) is 0.267. The first kappa shape index (κ1) is 14.6. The Bertz CT molecular complexity index is 885. The molecule has 3 rings (SSSR count). The van der Waals surface area contributed by atoms with Crippen LogP contribution in [0.2, 0.25) is 0 Å². The van der Waals surface area contributed by atoms with E-state index in [4.69, 9.17) is 10.3 Å². The summed E-state index contributed by atoms with van der Waals surface area (Å²) in [6.45, 7) is 3.85. The molecule has 22 heavy (non-hydrogen) atoms. The van der Waals surface area contributed by atoms with Gasteiger partial charge in [0.1, 0.15) is 11.4 Å². The highest BCUT2D eigenvalue weighted by Gasteiger charge is 2.10. The minimum atomic E-state index is -0.346. The van der Waals surface area contributed by atoms with Crippen molar-refractivity contribution in [3.05, 3.63) is 51.6 Å². The van der Waals surface area contributed by atoms with Gasteiger partial charge in [-0.2, -0.15) is 0 Å². The Morgan fingerprint density at radius 1 is 1.32 bits per heavy atom. The molecule has 0 amide bonds. The molecule has 0 spiro atoms. The molecule has 2 aromatic heterocycles. The SMILES string of the molecule is CCc1ccc2c(CSc3nnc(C)n3N)cc(=O)oc2c1. The first-order valence-electron chi connectivity index (χ1n) is 6.94. The first-order chi connectivity index (χ1) is 10.6. The quantitative estimate of drug-likeness (QED) is 0.451. The highest BCUT2D eigenvalue weighted by Crippen LogP contribution is 2.25. The van der Waals surface area contributed by atoms with E-state index in [-0.39, 0.29) is 5.63 Å². The number of hydrogen-bond acceptors (Lipinski definition) is 6. The number of fused-ring (bicyclic) bond motifs is 1. The van der Waals surface area contributed by atoms with E-state index < -0.39 is 0 Å². The molecule has 0 radical (unpaired) electrons. The zero-order chi connectivity index (χ0) is 15.7. The second-order valence-electron chi connectivity index (χ2n) is 4.96. The van der Waals surface area contributed by atoms with Gasteiger partial charge in [-0.3, -0.25) is 0 Å². The Morgan fingerprint density at radius 2 is 2.14 bits per heavy atom. The Balaban J connectivity index is 1.96. The lowest BCUT2D eigenvalue weighted by atomic mass is 10.1. The van der Waals surface area contributed by atoms with Gasteiger partial charge < -0.3 is 10.3 Å². The van der Waals surface area contributed by atoms with E-state index in [0.29, 0.717) is 22.3 Å². The lowest BCUT2D eigenvalue weighted by Gasteiger charge is -2.06. The fourth-order valence-corrected chi connectivity index (χ4v) is 3.10. The molecule has 0 unspecified atom stereocenters. The average molecular weight is 316 g/mol. The van der Waals surface area contributed by atoms with Crippen LogP contribution < -0.4 is 11.5 Å². The zero-order valence-electron chi connectivity index (χ0n) is 12.4. The predicted molar refractivity (Wildman–Crippen MR) is 86.3 cm³/mol. The third-order valence-corrected chi connectivity index (χ3v) is 4.49. The molecule has 6 nitrogen and oxygen atoms in total. The molecule has 0 aliphatic rings. The van der Waals surface area contributed by atoms with E-state index in [2.05, 4.69) is 17.1 Å². The maximum Gasteiger partial charge on any atom is 0.336 e. The average Bonchev–Trinajstić information content (AvgIpc) is 2.83. The summed E-state index contributed by atoms with van der Waals surface area (Å²) in [6.07, 6.45) is 0.897. The van der Waals surface area contributed by atoms with Gasteiger partial charge in [0, 0.05) is 17.2 Å². The summed E-state index contributed by atoms with van der Waals surface area (Å²) in [6, 6.07) is 7.48. The number of hydrogen-bond donors (Lipinski definition) is 1. The highest BCUT2D eigenvalue weighted by atomic mass is 32.2. The molecule has 0 aliphatic heterocycles. The number of nitrogen functional groups attached to an aromatic ring is 1. The largest absolute Gasteiger partial charge is 0.423 e. The predicted octanol–water partition coefficient (Wildman–Crippen LogP) is 2.26. The van der Waals surface area contributed by atoms with Crippen molar-refractivity contribution >= 4 is 22.7 Å². The van der Waals surface area contributed by atoms with Gasteiger partial charge in [0.15, 0.2) is 0 Å². The van der Waals surface area contributed by atoms with Crippen molar-refractivity contribution in [2.24, 2.45) is 0 Å². The molecule has 1 aromatic carbocycles. The third kappa shape index (κ3) is 2.71. The normalized spacial score (nSPS) is 11.2. The summed E-state index contributed by atoms with van der Waals surface area (Å²) in [5.74, 6) is 7.06. The van der Waals surface area contributed by atoms with E-state index in [0.717, 1.165) is 22.9 Å². The van der Waals surface area contributed by atoms with Crippen LogP contribution in [0.25, 0.3) is 11.0 Å². The second kappa shape index (κ2) is 5.84. The molecular formula is C15H16N4O2S. The van der Waals surface area contributed by atoms with Crippen LogP contribution in [0.4, 0.5) is 0 Å². The zero-order valence-corrected chi connectivity index (χ0v) is 13.2. The van der Waals surface area contributed by atoms with Gasteiger partial charge in [-0.1, -0.05) is 30.8 Å². The summed E-state index contributed by atoms with van der Waals surface area (Å²) in [5.41, 5.74) is 2.31. The van der Waals surface area contributed by atoms with Crippen LogP contribution in [0, 0.1) is 6.92 Å². The van der Waals surface area contributed by atoms with Gasteiger partial charge in [0.05, 0.1) is 0 Å². The topological polar surface area (TPSA) is 86.9 Å². The summed E-state index contributed by atoms with van der Waals surface area (Å²) in [7, 11) is 0. The molecule has 0 fully saturated rings. The van der Waals surface area contributed by atoms with Gasteiger partial charge in [0.2, 0.25) is 5.16 Å².